The Morgan fingerprint density at radius 2 is 2.14 bits per heavy atom. The van der Waals surface area contributed by atoms with E-state index in [-0.39, 0.29) is 6.04 Å². The molecule has 0 saturated carbocycles. The molecule has 0 bridgehead atoms. The first-order valence-corrected chi connectivity index (χ1v) is 7.80. The van der Waals surface area contributed by atoms with Gasteiger partial charge in [-0.15, -0.1) is 5.10 Å². The van der Waals surface area contributed by atoms with Crippen LogP contribution in [0.25, 0.3) is 11.0 Å². The molecule has 6 heteroatoms. The van der Waals surface area contributed by atoms with Gasteiger partial charge >= 0.3 is 6.01 Å². The molecule has 1 aliphatic heterocycles. The van der Waals surface area contributed by atoms with Crippen LogP contribution in [-0.4, -0.2) is 26.3 Å². The first-order chi connectivity index (χ1) is 10.8. The van der Waals surface area contributed by atoms with Crippen LogP contribution in [0.4, 0.5) is 6.01 Å². The van der Waals surface area contributed by atoms with Crippen molar-refractivity contribution < 1.29 is 4.42 Å². The number of hydrogen-bond donors (Lipinski definition) is 0. The van der Waals surface area contributed by atoms with Crippen molar-refractivity contribution in [1.29, 1.82) is 0 Å². The van der Waals surface area contributed by atoms with E-state index < -0.39 is 0 Å². The fraction of sp³-hybridized carbons (Fsp3) is 0.438. The van der Waals surface area contributed by atoms with Crippen LogP contribution in [0.2, 0.25) is 0 Å². The highest BCUT2D eigenvalue weighted by Gasteiger charge is 2.33. The summed E-state index contributed by atoms with van der Waals surface area (Å²) in [4.78, 5) is 7.07. The third kappa shape index (κ3) is 1.98. The summed E-state index contributed by atoms with van der Waals surface area (Å²) in [7, 11) is 0. The number of rotatable bonds is 3. The summed E-state index contributed by atoms with van der Waals surface area (Å²) in [6.07, 6.45) is 2.17. The molecule has 0 spiro atoms. The second kappa shape index (κ2) is 5.12. The molecule has 1 aromatic carbocycles. The van der Waals surface area contributed by atoms with Gasteiger partial charge in [-0.3, -0.25) is 0 Å². The number of fused-ring (bicyclic) bond motifs is 1. The quantitative estimate of drug-likeness (QED) is 0.743. The van der Waals surface area contributed by atoms with Crippen molar-refractivity contribution in [3.05, 3.63) is 36.0 Å². The molecule has 1 aliphatic rings. The maximum absolute atomic E-state index is 5.63. The lowest BCUT2D eigenvalue weighted by atomic mass is 10.2. The molecular weight excluding hydrogens is 278 g/mol. The van der Waals surface area contributed by atoms with Gasteiger partial charge in [-0.1, -0.05) is 17.2 Å². The SMILES string of the molecule is CCn1c(C2CCCN2c2nnc(C)o2)nc2ccccc21. The highest BCUT2D eigenvalue weighted by molar-refractivity contribution is 5.76. The Morgan fingerprint density at radius 3 is 2.91 bits per heavy atom. The molecule has 0 N–H and O–H groups in total. The minimum Gasteiger partial charge on any atom is -0.408 e. The zero-order chi connectivity index (χ0) is 15.1. The maximum atomic E-state index is 5.63. The topological polar surface area (TPSA) is 60.0 Å². The van der Waals surface area contributed by atoms with Gasteiger partial charge in [0.05, 0.1) is 17.1 Å². The van der Waals surface area contributed by atoms with Crippen molar-refractivity contribution in [1.82, 2.24) is 19.7 Å². The molecule has 0 amide bonds. The molecule has 1 atom stereocenters. The van der Waals surface area contributed by atoms with Crippen LogP contribution in [0.15, 0.2) is 28.7 Å². The number of imidazole rings is 1. The Labute approximate surface area is 128 Å². The minimum atomic E-state index is 0.201. The van der Waals surface area contributed by atoms with E-state index in [4.69, 9.17) is 9.40 Å². The van der Waals surface area contributed by atoms with Crippen molar-refractivity contribution in [2.24, 2.45) is 0 Å². The van der Waals surface area contributed by atoms with Crippen LogP contribution in [0, 0.1) is 6.92 Å². The molecular formula is C16H19N5O. The van der Waals surface area contributed by atoms with Gasteiger partial charge in [0.1, 0.15) is 5.82 Å². The van der Waals surface area contributed by atoms with Gasteiger partial charge < -0.3 is 13.9 Å². The number of hydrogen-bond acceptors (Lipinski definition) is 5. The van der Waals surface area contributed by atoms with Crippen molar-refractivity contribution in [2.45, 2.75) is 39.3 Å². The fourth-order valence-electron chi connectivity index (χ4n) is 3.35. The van der Waals surface area contributed by atoms with E-state index in [2.05, 4.69) is 44.8 Å². The Balaban J connectivity index is 1.80. The number of aromatic nitrogens is 4. The van der Waals surface area contributed by atoms with E-state index >= 15 is 0 Å². The molecule has 1 saturated heterocycles. The second-order valence-electron chi connectivity index (χ2n) is 5.66. The lowest BCUT2D eigenvalue weighted by Crippen LogP contribution is -2.25. The van der Waals surface area contributed by atoms with Crippen molar-refractivity contribution in [2.75, 3.05) is 11.4 Å². The van der Waals surface area contributed by atoms with E-state index in [1.54, 1.807) is 0 Å². The number of benzene rings is 1. The number of aryl methyl sites for hydroxylation is 2. The highest BCUT2D eigenvalue weighted by Crippen LogP contribution is 2.36. The normalized spacial score (nSPS) is 18.5. The number of nitrogens with zero attached hydrogens (tertiary/aromatic N) is 5. The number of anilines is 1. The Hall–Kier alpha value is -2.37. The van der Waals surface area contributed by atoms with Gasteiger partial charge in [-0.2, -0.15) is 0 Å². The maximum Gasteiger partial charge on any atom is 0.318 e. The van der Waals surface area contributed by atoms with E-state index in [9.17, 15) is 0 Å². The molecule has 0 radical (unpaired) electrons. The molecule has 3 aromatic rings. The van der Waals surface area contributed by atoms with Gasteiger partial charge in [0.15, 0.2) is 0 Å². The van der Waals surface area contributed by atoms with Gasteiger partial charge in [-0.05, 0) is 31.9 Å². The average Bonchev–Trinajstić information content (AvgIpc) is 3.23. The highest BCUT2D eigenvalue weighted by atomic mass is 16.4. The van der Waals surface area contributed by atoms with E-state index in [0.29, 0.717) is 11.9 Å². The van der Waals surface area contributed by atoms with E-state index in [1.165, 1.54) is 5.52 Å². The third-order valence-corrected chi connectivity index (χ3v) is 4.31. The van der Waals surface area contributed by atoms with Crippen LogP contribution < -0.4 is 4.90 Å². The fourth-order valence-corrected chi connectivity index (χ4v) is 3.35. The largest absolute Gasteiger partial charge is 0.408 e. The van der Waals surface area contributed by atoms with Crippen molar-refractivity contribution >= 4 is 17.0 Å². The monoisotopic (exact) mass is 297 g/mol. The zero-order valence-electron chi connectivity index (χ0n) is 12.9. The lowest BCUT2D eigenvalue weighted by Gasteiger charge is -2.22. The summed E-state index contributed by atoms with van der Waals surface area (Å²) in [5.41, 5.74) is 2.24. The summed E-state index contributed by atoms with van der Waals surface area (Å²) in [6.45, 7) is 5.82. The first-order valence-electron chi connectivity index (χ1n) is 7.80. The Bertz CT molecular complexity index is 806. The summed E-state index contributed by atoms with van der Waals surface area (Å²) >= 11 is 0. The summed E-state index contributed by atoms with van der Waals surface area (Å²) in [6, 6.07) is 9.11. The second-order valence-corrected chi connectivity index (χ2v) is 5.66. The Kier molecular flexibility index (Phi) is 3.10. The summed E-state index contributed by atoms with van der Waals surface area (Å²) in [5, 5.41) is 8.14. The van der Waals surface area contributed by atoms with Gasteiger partial charge in [-0.25, -0.2) is 4.98 Å². The third-order valence-electron chi connectivity index (χ3n) is 4.31. The van der Waals surface area contributed by atoms with Crippen LogP contribution in [-0.2, 0) is 6.54 Å². The molecule has 22 heavy (non-hydrogen) atoms. The molecule has 1 fully saturated rings. The van der Waals surface area contributed by atoms with Gasteiger partial charge in [0, 0.05) is 20.0 Å². The van der Waals surface area contributed by atoms with E-state index in [1.807, 2.05) is 13.0 Å². The summed E-state index contributed by atoms with van der Waals surface area (Å²) in [5.74, 6) is 1.70. The molecule has 2 aromatic heterocycles. The average molecular weight is 297 g/mol. The number of para-hydroxylation sites is 2. The predicted molar refractivity (Wildman–Crippen MR) is 83.8 cm³/mol. The first kappa shape index (κ1) is 13.3. The van der Waals surface area contributed by atoms with Crippen LogP contribution >= 0.6 is 0 Å². The van der Waals surface area contributed by atoms with Gasteiger partial charge in [0.2, 0.25) is 5.89 Å². The molecule has 6 nitrogen and oxygen atoms in total. The summed E-state index contributed by atoms with van der Waals surface area (Å²) < 4.78 is 7.93. The van der Waals surface area contributed by atoms with Gasteiger partial charge in [0.25, 0.3) is 0 Å². The van der Waals surface area contributed by atoms with E-state index in [0.717, 1.165) is 37.3 Å². The van der Waals surface area contributed by atoms with Crippen LogP contribution in [0.3, 0.4) is 0 Å². The predicted octanol–water partition coefficient (Wildman–Crippen LogP) is 3.09. The Morgan fingerprint density at radius 1 is 1.27 bits per heavy atom. The molecule has 1 unspecified atom stereocenters. The minimum absolute atomic E-state index is 0.201. The van der Waals surface area contributed by atoms with Crippen LogP contribution in [0.1, 0.15) is 37.5 Å². The van der Waals surface area contributed by atoms with Crippen LogP contribution in [0.5, 0.6) is 0 Å². The molecule has 4 rings (SSSR count). The van der Waals surface area contributed by atoms with Crippen molar-refractivity contribution in [3.8, 4) is 0 Å². The smallest absolute Gasteiger partial charge is 0.318 e. The van der Waals surface area contributed by atoms with Crippen molar-refractivity contribution in [3.63, 3.8) is 0 Å². The molecule has 3 heterocycles. The molecule has 0 aliphatic carbocycles. The lowest BCUT2D eigenvalue weighted by molar-refractivity contribution is 0.489. The zero-order valence-corrected chi connectivity index (χ0v) is 12.9. The standard InChI is InChI=1S/C16H19N5O/c1-3-20-13-8-5-4-7-12(13)17-15(20)14-9-6-10-21(14)16-19-18-11(2)22-16/h4-5,7-8,14H,3,6,9-10H2,1-2H3. The molecule has 114 valence electrons.